The number of likely N-dealkylation sites (N-methyl/N-ethyl adjacent to an activating group) is 1. The van der Waals surface area contributed by atoms with Crippen molar-refractivity contribution in [1.82, 2.24) is 20.2 Å². The molecule has 1 atom stereocenters. The molecule has 6 nitrogen and oxygen atoms in total. The maximum Gasteiger partial charge on any atom is 0.251 e. The summed E-state index contributed by atoms with van der Waals surface area (Å²) in [6.45, 7) is 6.50. The molecule has 8 heteroatoms. The number of nitrogens with one attached hydrogen (secondary N) is 1. The fourth-order valence-corrected chi connectivity index (χ4v) is 4.39. The largest absolute Gasteiger partial charge is 0.351 e. The number of carbonyl (C=O) groups excluding carboxylic acids is 1. The van der Waals surface area contributed by atoms with Gasteiger partial charge in [-0.2, -0.15) is 0 Å². The van der Waals surface area contributed by atoms with Crippen LogP contribution in [0.15, 0.2) is 65.8 Å². The molecule has 0 aliphatic heterocycles. The van der Waals surface area contributed by atoms with Gasteiger partial charge in [-0.15, -0.1) is 0 Å². The van der Waals surface area contributed by atoms with E-state index in [-0.39, 0.29) is 11.9 Å². The Labute approximate surface area is 218 Å². The standard InChI is InChI=1S/C27H34ClN5OS/c1-5-20(2)29-26(34)23-13-9-12-22(16-23)19-35-27-30-24(28)17-25(31-27)33(15-14-32(3)4)18-21-10-7-6-8-11-21/h6-13,16-17,20H,5,14-15,18-19H2,1-4H3,(H,29,34). The van der Waals surface area contributed by atoms with Crippen molar-refractivity contribution in [2.24, 2.45) is 0 Å². The Morgan fingerprint density at radius 2 is 1.77 bits per heavy atom. The molecule has 1 heterocycles. The van der Waals surface area contributed by atoms with E-state index in [1.165, 1.54) is 17.3 Å². The Bertz CT molecular complexity index is 1100. The van der Waals surface area contributed by atoms with Gasteiger partial charge in [0.1, 0.15) is 11.0 Å². The van der Waals surface area contributed by atoms with Crippen molar-refractivity contribution < 1.29 is 4.79 Å². The van der Waals surface area contributed by atoms with Crippen molar-refractivity contribution in [3.8, 4) is 0 Å². The molecule has 0 aliphatic carbocycles. The molecule has 0 saturated heterocycles. The lowest BCUT2D eigenvalue weighted by Gasteiger charge is -2.26. The van der Waals surface area contributed by atoms with Gasteiger partial charge < -0.3 is 15.1 Å². The summed E-state index contributed by atoms with van der Waals surface area (Å²) in [6.07, 6.45) is 0.894. The number of rotatable bonds is 12. The van der Waals surface area contributed by atoms with E-state index >= 15 is 0 Å². The second kappa shape index (κ2) is 13.5. The maximum absolute atomic E-state index is 12.5. The predicted molar refractivity (Wildman–Crippen MR) is 146 cm³/mol. The number of aromatic nitrogens is 2. The molecular formula is C27H34ClN5OS. The summed E-state index contributed by atoms with van der Waals surface area (Å²) in [5.41, 5.74) is 2.90. The molecule has 0 bridgehead atoms. The minimum absolute atomic E-state index is 0.0510. The Kier molecular flexibility index (Phi) is 10.4. The molecule has 0 fully saturated rings. The summed E-state index contributed by atoms with van der Waals surface area (Å²) in [6, 6.07) is 20.0. The summed E-state index contributed by atoms with van der Waals surface area (Å²) in [5.74, 6) is 1.39. The summed E-state index contributed by atoms with van der Waals surface area (Å²) in [4.78, 5) is 26.1. The number of thioether (sulfide) groups is 1. The Balaban J connectivity index is 1.74. The monoisotopic (exact) mass is 511 g/mol. The van der Waals surface area contributed by atoms with Crippen molar-refractivity contribution in [1.29, 1.82) is 0 Å². The first kappa shape index (κ1) is 27.0. The second-order valence-corrected chi connectivity index (χ2v) is 10.1. The topological polar surface area (TPSA) is 61.4 Å². The van der Waals surface area contributed by atoms with Gasteiger partial charge in [0, 0.05) is 43.1 Å². The number of benzene rings is 2. The zero-order valence-corrected chi connectivity index (χ0v) is 22.4. The highest BCUT2D eigenvalue weighted by atomic mass is 35.5. The molecule has 3 aromatic rings. The van der Waals surface area contributed by atoms with Gasteiger partial charge in [-0.25, -0.2) is 9.97 Å². The number of anilines is 1. The molecule has 2 aromatic carbocycles. The van der Waals surface area contributed by atoms with Crippen LogP contribution < -0.4 is 10.2 Å². The van der Waals surface area contributed by atoms with Crippen LogP contribution in [0, 0.1) is 0 Å². The molecule has 0 saturated carbocycles. The normalized spacial score (nSPS) is 11.9. The van der Waals surface area contributed by atoms with Crippen LogP contribution in [-0.4, -0.2) is 54.0 Å². The summed E-state index contributed by atoms with van der Waals surface area (Å²) in [7, 11) is 4.12. The first-order valence-electron chi connectivity index (χ1n) is 11.8. The van der Waals surface area contributed by atoms with Crippen molar-refractivity contribution in [3.63, 3.8) is 0 Å². The lowest BCUT2D eigenvalue weighted by molar-refractivity contribution is 0.0939. The number of hydrogen-bond acceptors (Lipinski definition) is 6. The van der Waals surface area contributed by atoms with Crippen molar-refractivity contribution in [2.45, 2.75) is 43.8 Å². The molecule has 1 aromatic heterocycles. The third-order valence-electron chi connectivity index (χ3n) is 5.57. The van der Waals surface area contributed by atoms with E-state index in [1.807, 2.05) is 55.5 Å². The molecule has 0 spiro atoms. The molecule has 3 rings (SSSR count). The predicted octanol–water partition coefficient (Wildman–Crippen LogP) is 5.52. The van der Waals surface area contributed by atoms with Gasteiger partial charge in [-0.3, -0.25) is 4.79 Å². The number of nitrogens with zero attached hydrogens (tertiary/aromatic N) is 4. The first-order chi connectivity index (χ1) is 16.8. The van der Waals surface area contributed by atoms with E-state index in [2.05, 4.69) is 53.3 Å². The Hall–Kier alpha value is -2.61. The van der Waals surface area contributed by atoms with E-state index in [0.717, 1.165) is 37.4 Å². The van der Waals surface area contributed by atoms with Crippen LogP contribution in [0.25, 0.3) is 0 Å². The van der Waals surface area contributed by atoms with Crippen molar-refractivity contribution in [3.05, 3.63) is 82.5 Å². The van der Waals surface area contributed by atoms with E-state index in [0.29, 0.717) is 21.6 Å². The van der Waals surface area contributed by atoms with Gasteiger partial charge in [-0.1, -0.05) is 72.8 Å². The lowest BCUT2D eigenvalue weighted by Crippen LogP contribution is -2.32. The van der Waals surface area contributed by atoms with Gasteiger partial charge in [0.2, 0.25) is 0 Å². The molecule has 1 N–H and O–H groups in total. The van der Waals surface area contributed by atoms with Crippen molar-refractivity contribution in [2.75, 3.05) is 32.1 Å². The van der Waals surface area contributed by atoms with Crippen LogP contribution in [0.2, 0.25) is 5.15 Å². The molecule has 0 aliphatic rings. The molecule has 1 amide bonds. The van der Waals surface area contributed by atoms with Gasteiger partial charge >= 0.3 is 0 Å². The zero-order valence-electron chi connectivity index (χ0n) is 20.9. The van der Waals surface area contributed by atoms with Crippen LogP contribution in [0.3, 0.4) is 0 Å². The van der Waals surface area contributed by atoms with E-state index < -0.39 is 0 Å². The molecule has 0 radical (unpaired) electrons. The van der Waals surface area contributed by atoms with Crippen LogP contribution >= 0.6 is 23.4 Å². The summed E-state index contributed by atoms with van der Waals surface area (Å²) >= 11 is 7.93. The first-order valence-corrected chi connectivity index (χ1v) is 13.2. The fourth-order valence-electron chi connectivity index (χ4n) is 3.37. The van der Waals surface area contributed by atoms with E-state index in [1.54, 1.807) is 0 Å². The summed E-state index contributed by atoms with van der Waals surface area (Å²) in [5, 5.41) is 4.05. The minimum Gasteiger partial charge on any atom is -0.351 e. The number of hydrogen-bond donors (Lipinski definition) is 1. The molecular weight excluding hydrogens is 478 g/mol. The summed E-state index contributed by atoms with van der Waals surface area (Å²) < 4.78 is 0. The average molecular weight is 512 g/mol. The maximum atomic E-state index is 12.5. The van der Waals surface area contributed by atoms with Crippen LogP contribution in [-0.2, 0) is 12.3 Å². The van der Waals surface area contributed by atoms with E-state index in [9.17, 15) is 4.79 Å². The van der Waals surface area contributed by atoms with Gasteiger partial charge in [0.25, 0.3) is 5.91 Å². The van der Waals surface area contributed by atoms with Gasteiger partial charge in [-0.05, 0) is 50.7 Å². The Morgan fingerprint density at radius 1 is 1.03 bits per heavy atom. The third-order valence-corrected chi connectivity index (χ3v) is 6.68. The lowest BCUT2D eigenvalue weighted by atomic mass is 10.1. The smallest absolute Gasteiger partial charge is 0.251 e. The highest BCUT2D eigenvalue weighted by Crippen LogP contribution is 2.26. The molecule has 186 valence electrons. The fraction of sp³-hybridized carbons (Fsp3) is 0.370. The molecule has 1 unspecified atom stereocenters. The number of halogens is 1. The van der Waals surface area contributed by atoms with Crippen LogP contribution in [0.1, 0.15) is 41.8 Å². The average Bonchev–Trinajstić information content (AvgIpc) is 2.85. The number of carbonyl (C=O) groups is 1. The van der Waals surface area contributed by atoms with E-state index in [4.69, 9.17) is 16.6 Å². The SMILES string of the molecule is CCC(C)NC(=O)c1cccc(CSc2nc(Cl)cc(N(CCN(C)C)Cc3ccccc3)n2)c1. The zero-order chi connectivity index (χ0) is 25.2. The Morgan fingerprint density at radius 3 is 2.49 bits per heavy atom. The van der Waals surface area contributed by atoms with Gasteiger partial charge in [0.05, 0.1) is 0 Å². The highest BCUT2D eigenvalue weighted by Gasteiger charge is 2.14. The minimum atomic E-state index is -0.0510. The highest BCUT2D eigenvalue weighted by molar-refractivity contribution is 7.98. The number of amides is 1. The second-order valence-electron chi connectivity index (χ2n) is 8.81. The van der Waals surface area contributed by atoms with Crippen LogP contribution in [0.4, 0.5) is 5.82 Å². The third kappa shape index (κ3) is 8.84. The quantitative estimate of drug-likeness (QED) is 0.196. The van der Waals surface area contributed by atoms with Gasteiger partial charge in [0.15, 0.2) is 5.16 Å². The van der Waals surface area contributed by atoms with Crippen LogP contribution in [0.5, 0.6) is 0 Å². The molecule has 35 heavy (non-hydrogen) atoms. The van der Waals surface area contributed by atoms with Crippen molar-refractivity contribution >= 4 is 35.1 Å².